The Balaban J connectivity index is 0.00000242. The molecule has 0 aromatic heterocycles. The minimum atomic E-state index is -3.91. The van der Waals surface area contributed by atoms with E-state index in [0.717, 1.165) is 9.13 Å². The number of benzene rings is 2. The molecular weight excluding hydrogens is 482 g/mol. The first-order valence-electron chi connectivity index (χ1n) is 5.93. The number of hydrogen-bond donors (Lipinski definition) is 0. The topological polar surface area (TPSA) is 43.4 Å². The van der Waals surface area contributed by atoms with E-state index >= 15 is 0 Å². The second kappa shape index (κ2) is 10.1. The van der Waals surface area contributed by atoms with Crippen molar-refractivity contribution in [3.8, 4) is 5.75 Å². The van der Waals surface area contributed by atoms with Gasteiger partial charge in [-0.2, -0.15) is 20.6 Å². The van der Waals surface area contributed by atoms with Crippen LogP contribution in [0.15, 0.2) is 53.9 Å². The van der Waals surface area contributed by atoms with E-state index < -0.39 is 10.1 Å². The van der Waals surface area contributed by atoms with Crippen molar-refractivity contribution >= 4 is 67.4 Å². The predicted molar refractivity (Wildman–Crippen MR) is 96.9 cm³/mol. The van der Waals surface area contributed by atoms with Gasteiger partial charge in [-0.3, -0.25) is 0 Å². The molecule has 118 valence electrons. The summed E-state index contributed by atoms with van der Waals surface area (Å²) in [6, 6.07) is 12.2. The smallest absolute Gasteiger partial charge is 1.00 e. The van der Waals surface area contributed by atoms with Crippen molar-refractivity contribution in [2.24, 2.45) is 0 Å². The van der Waals surface area contributed by atoms with E-state index in [9.17, 15) is 8.42 Å². The van der Waals surface area contributed by atoms with Crippen LogP contribution >= 0.6 is 34.2 Å². The average molecular weight is 493 g/mol. The largest absolute Gasteiger partial charge is 2.00 e. The van der Waals surface area contributed by atoms with Gasteiger partial charge in [0.2, 0.25) is 0 Å². The standard InChI is InChI=1S/C15H11ClIO3S.ClH.Mg/c1-2-3-11-10-13(17)6-9-15(11)20-21(18,19)14-7-4-12(16)5-8-14;;/h2,4-8,10H,1,3H2;1H;/q-1;;+2/p-1. The van der Waals surface area contributed by atoms with Gasteiger partial charge in [0.1, 0.15) is 4.90 Å². The first kappa shape index (κ1) is 23.0. The zero-order chi connectivity index (χ0) is 15.5. The van der Waals surface area contributed by atoms with Gasteiger partial charge in [-0.1, -0.05) is 27.7 Å². The Hall–Kier alpha value is 0.00623. The van der Waals surface area contributed by atoms with Crippen molar-refractivity contribution in [2.75, 3.05) is 0 Å². The van der Waals surface area contributed by atoms with E-state index in [0.29, 0.717) is 11.4 Å². The Labute approximate surface area is 177 Å². The third-order valence-electron chi connectivity index (χ3n) is 2.60. The fraction of sp³-hybridized carbons (Fsp3) is 0.0667. The molecule has 0 fully saturated rings. The first-order valence-corrected chi connectivity index (χ1v) is 8.80. The first-order chi connectivity index (χ1) is 9.92. The Morgan fingerprint density at radius 1 is 1.30 bits per heavy atom. The summed E-state index contributed by atoms with van der Waals surface area (Å²) in [4.78, 5) is 0.0448. The molecule has 0 spiro atoms. The van der Waals surface area contributed by atoms with E-state index in [4.69, 9.17) is 15.8 Å². The van der Waals surface area contributed by atoms with Crippen LogP contribution in [-0.2, 0) is 16.5 Å². The van der Waals surface area contributed by atoms with Crippen LogP contribution in [0.1, 0.15) is 5.56 Å². The summed E-state index contributed by atoms with van der Waals surface area (Å²) in [6.07, 6.45) is 2.18. The second-order valence-electron chi connectivity index (χ2n) is 4.16. The summed E-state index contributed by atoms with van der Waals surface area (Å²) in [6.45, 7) is 3.66. The zero-order valence-corrected chi connectivity index (χ0v) is 17.8. The second-order valence-corrected chi connectivity index (χ2v) is 7.38. The van der Waals surface area contributed by atoms with Crippen molar-refractivity contribution in [3.63, 3.8) is 0 Å². The number of rotatable bonds is 5. The minimum Gasteiger partial charge on any atom is -1.00 e. The molecule has 0 heterocycles. The van der Waals surface area contributed by atoms with Crippen LogP contribution in [0.2, 0.25) is 5.02 Å². The van der Waals surface area contributed by atoms with E-state index in [-0.39, 0.29) is 46.1 Å². The SMILES string of the molecule is C=CCc1cc(I)c[c-]c1OS(=O)(=O)c1ccc(Cl)cc1.[Cl-].[Mg+2]. The molecule has 0 N–H and O–H groups in total. The molecule has 0 saturated carbocycles. The Morgan fingerprint density at radius 3 is 2.48 bits per heavy atom. The molecule has 23 heavy (non-hydrogen) atoms. The minimum absolute atomic E-state index is 0. The van der Waals surface area contributed by atoms with Crippen LogP contribution < -0.4 is 16.6 Å². The molecule has 0 saturated heterocycles. The maximum absolute atomic E-state index is 12.2. The molecule has 0 bridgehead atoms. The molecule has 0 amide bonds. The van der Waals surface area contributed by atoms with Crippen LogP contribution in [-0.4, -0.2) is 31.5 Å². The maximum atomic E-state index is 12.2. The van der Waals surface area contributed by atoms with Crippen LogP contribution in [0.25, 0.3) is 0 Å². The third-order valence-corrected chi connectivity index (χ3v) is 4.71. The summed E-state index contributed by atoms with van der Waals surface area (Å²) < 4.78 is 30.6. The van der Waals surface area contributed by atoms with Crippen LogP contribution in [0.5, 0.6) is 5.75 Å². The summed E-state index contributed by atoms with van der Waals surface area (Å²) in [7, 11) is -3.91. The molecular formula is C15H11Cl2IMgO3S. The van der Waals surface area contributed by atoms with Gasteiger partial charge in [0.15, 0.2) is 0 Å². The molecule has 0 aliphatic carbocycles. The van der Waals surface area contributed by atoms with E-state index in [1.807, 2.05) is 6.07 Å². The van der Waals surface area contributed by atoms with Gasteiger partial charge in [0.25, 0.3) is 0 Å². The summed E-state index contributed by atoms with van der Waals surface area (Å²) in [5, 5.41) is 0.460. The quantitative estimate of drug-likeness (QED) is 0.204. The number of hydrogen-bond acceptors (Lipinski definition) is 3. The summed E-state index contributed by atoms with van der Waals surface area (Å²) in [5.41, 5.74) is 0.717. The molecule has 8 heteroatoms. The van der Waals surface area contributed by atoms with Crippen molar-refractivity contribution in [1.29, 1.82) is 0 Å². The molecule has 2 rings (SSSR count). The summed E-state index contributed by atoms with van der Waals surface area (Å²) >= 11 is 7.88. The van der Waals surface area contributed by atoms with Gasteiger partial charge in [-0.15, -0.1) is 40.8 Å². The van der Waals surface area contributed by atoms with E-state index in [1.165, 1.54) is 24.3 Å². The number of allylic oxidation sites excluding steroid dienone is 1. The van der Waals surface area contributed by atoms with Crippen molar-refractivity contribution in [3.05, 3.63) is 69.3 Å². The van der Waals surface area contributed by atoms with Gasteiger partial charge in [0.05, 0.1) is 0 Å². The van der Waals surface area contributed by atoms with Crippen LogP contribution in [0.4, 0.5) is 0 Å². The van der Waals surface area contributed by atoms with Crippen LogP contribution in [0, 0.1) is 9.64 Å². The fourth-order valence-electron chi connectivity index (χ4n) is 1.64. The fourth-order valence-corrected chi connectivity index (χ4v) is 3.24. The molecule has 2 aromatic rings. The Morgan fingerprint density at radius 2 is 1.91 bits per heavy atom. The van der Waals surface area contributed by atoms with Gasteiger partial charge >= 0.3 is 33.2 Å². The molecule has 2 aromatic carbocycles. The normalized spacial score (nSPS) is 10.2. The Kier molecular flexibility index (Phi) is 10.1. The molecule has 0 aliphatic heterocycles. The van der Waals surface area contributed by atoms with E-state index in [2.05, 4.69) is 35.2 Å². The Bertz CT molecular complexity index is 765. The molecule has 0 atom stereocenters. The van der Waals surface area contributed by atoms with Gasteiger partial charge < -0.3 is 16.6 Å². The van der Waals surface area contributed by atoms with Crippen molar-refractivity contribution < 1.29 is 25.0 Å². The monoisotopic (exact) mass is 492 g/mol. The zero-order valence-electron chi connectivity index (χ0n) is 11.9. The molecule has 0 aliphatic rings. The van der Waals surface area contributed by atoms with Gasteiger partial charge in [-0.05, 0) is 24.3 Å². The average Bonchev–Trinajstić information content (AvgIpc) is 2.42. The number of halogens is 3. The van der Waals surface area contributed by atoms with E-state index in [1.54, 1.807) is 12.1 Å². The molecule has 0 unspecified atom stereocenters. The van der Waals surface area contributed by atoms with Crippen molar-refractivity contribution in [2.45, 2.75) is 11.3 Å². The molecule has 0 radical (unpaired) electrons. The predicted octanol–water partition coefficient (Wildman–Crippen LogP) is 0.864. The van der Waals surface area contributed by atoms with Gasteiger partial charge in [0, 0.05) is 10.8 Å². The molecule has 3 nitrogen and oxygen atoms in total. The third kappa shape index (κ3) is 6.43. The van der Waals surface area contributed by atoms with Crippen LogP contribution in [0.3, 0.4) is 0 Å². The van der Waals surface area contributed by atoms with Crippen molar-refractivity contribution in [1.82, 2.24) is 0 Å². The summed E-state index contributed by atoms with van der Waals surface area (Å²) in [5.74, 6) is 0.185. The maximum Gasteiger partial charge on any atom is 2.00 e. The van der Waals surface area contributed by atoms with Gasteiger partial charge in [-0.25, -0.2) is 0 Å².